The number of benzene rings is 2. The van der Waals surface area contributed by atoms with Gasteiger partial charge >= 0.3 is 0 Å². The highest BCUT2D eigenvalue weighted by Crippen LogP contribution is 2.17. The first kappa shape index (κ1) is 22.8. The lowest BCUT2D eigenvalue weighted by Crippen LogP contribution is -2.31. The third-order valence-corrected chi connectivity index (χ3v) is 6.26. The molecule has 2 aliphatic rings. The number of rotatable bonds is 6. The predicted octanol–water partition coefficient (Wildman–Crippen LogP) is 3.99. The highest BCUT2D eigenvalue weighted by atomic mass is 16.2. The summed E-state index contributed by atoms with van der Waals surface area (Å²) in [5.41, 5.74) is 2.65. The number of hydrogen-bond acceptors (Lipinski definition) is 4. The Labute approximate surface area is 195 Å². The number of carbonyl (C=O) groups is 3. The van der Waals surface area contributed by atoms with Crippen LogP contribution in [0.25, 0.3) is 0 Å². The molecule has 2 N–H and O–H groups in total. The van der Waals surface area contributed by atoms with Crippen LogP contribution in [0, 0.1) is 0 Å². The molecule has 0 radical (unpaired) electrons. The van der Waals surface area contributed by atoms with Crippen molar-refractivity contribution in [3.05, 3.63) is 59.7 Å². The topological polar surface area (TPSA) is 81.8 Å². The molecule has 3 amide bonds. The van der Waals surface area contributed by atoms with Crippen molar-refractivity contribution in [3.63, 3.8) is 0 Å². The largest absolute Gasteiger partial charge is 0.376 e. The van der Waals surface area contributed by atoms with E-state index in [1.54, 1.807) is 36.4 Å². The molecule has 2 heterocycles. The quantitative estimate of drug-likeness (QED) is 0.700. The molecule has 0 aromatic heterocycles. The fourth-order valence-corrected chi connectivity index (χ4v) is 4.40. The van der Waals surface area contributed by atoms with Crippen LogP contribution in [0.2, 0.25) is 0 Å². The zero-order valence-electron chi connectivity index (χ0n) is 19.0. The number of anilines is 2. The van der Waals surface area contributed by atoms with Gasteiger partial charge in [0.25, 0.3) is 11.8 Å². The molecule has 33 heavy (non-hydrogen) atoms. The van der Waals surface area contributed by atoms with E-state index in [-0.39, 0.29) is 24.3 Å². The Morgan fingerprint density at radius 2 is 1.24 bits per heavy atom. The normalized spacial score (nSPS) is 16.2. The van der Waals surface area contributed by atoms with E-state index in [0.717, 1.165) is 57.5 Å². The third kappa shape index (κ3) is 6.12. The van der Waals surface area contributed by atoms with Crippen LogP contribution in [-0.2, 0) is 4.79 Å². The summed E-state index contributed by atoms with van der Waals surface area (Å²) in [6.07, 6.45) is 6.59. The van der Waals surface area contributed by atoms with Gasteiger partial charge in [0.1, 0.15) is 0 Å². The fraction of sp³-hybridized carbons (Fsp3) is 0.423. The number of nitrogens with zero attached hydrogens (tertiary/aromatic N) is 2. The van der Waals surface area contributed by atoms with Crippen molar-refractivity contribution in [1.82, 2.24) is 9.80 Å². The molecule has 0 aliphatic carbocycles. The maximum absolute atomic E-state index is 12.7. The van der Waals surface area contributed by atoms with Crippen LogP contribution >= 0.6 is 0 Å². The van der Waals surface area contributed by atoms with Crippen LogP contribution in [0.5, 0.6) is 0 Å². The van der Waals surface area contributed by atoms with Gasteiger partial charge in [-0.15, -0.1) is 0 Å². The molecule has 0 atom stereocenters. The van der Waals surface area contributed by atoms with Crippen LogP contribution in [0.4, 0.5) is 11.4 Å². The Morgan fingerprint density at radius 1 is 0.667 bits per heavy atom. The number of likely N-dealkylation sites (tertiary alicyclic amines) is 2. The van der Waals surface area contributed by atoms with Crippen LogP contribution in [0.15, 0.2) is 48.5 Å². The summed E-state index contributed by atoms with van der Waals surface area (Å²) in [6.45, 7) is 3.32. The van der Waals surface area contributed by atoms with Gasteiger partial charge in [-0.1, -0.05) is 18.9 Å². The molecular formula is C26H32N4O3. The lowest BCUT2D eigenvalue weighted by molar-refractivity contribution is -0.114. The van der Waals surface area contributed by atoms with Crippen molar-refractivity contribution < 1.29 is 14.4 Å². The van der Waals surface area contributed by atoms with Crippen LogP contribution in [0.3, 0.4) is 0 Å². The van der Waals surface area contributed by atoms with Crippen LogP contribution in [0.1, 0.15) is 59.2 Å². The van der Waals surface area contributed by atoms with Crippen LogP contribution < -0.4 is 10.6 Å². The van der Waals surface area contributed by atoms with Crippen molar-refractivity contribution in [2.45, 2.75) is 38.5 Å². The predicted molar refractivity (Wildman–Crippen MR) is 130 cm³/mol. The number of amides is 3. The zero-order valence-corrected chi connectivity index (χ0v) is 19.0. The van der Waals surface area contributed by atoms with E-state index >= 15 is 0 Å². The standard InChI is InChI=1S/C26H32N4O3/c31-24(19-27-23-9-7-8-21(18-23)26(33)30-16-5-6-17-30)28-22-12-10-20(11-13-22)25(32)29-14-3-1-2-4-15-29/h7-13,18,27H,1-6,14-17,19H2,(H,28,31). The molecule has 0 saturated carbocycles. The molecule has 0 unspecified atom stereocenters. The second kappa shape index (κ2) is 11.0. The van der Waals surface area contributed by atoms with Gasteiger partial charge in [-0.25, -0.2) is 0 Å². The minimum absolute atomic E-state index is 0.0374. The molecule has 4 rings (SSSR count). The number of carbonyl (C=O) groups excluding carboxylic acids is 3. The highest BCUT2D eigenvalue weighted by molar-refractivity contribution is 5.97. The van der Waals surface area contributed by atoms with Gasteiger partial charge in [-0.3, -0.25) is 14.4 Å². The van der Waals surface area contributed by atoms with Gasteiger partial charge in [0.2, 0.25) is 5.91 Å². The zero-order chi connectivity index (χ0) is 23.0. The number of hydrogen-bond donors (Lipinski definition) is 2. The van der Waals surface area contributed by atoms with E-state index in [1.807, 2.05) is 21.9 Å². The van der Waals surface area contributed by atoms with Crippen LogP contribution in [-0.4, -0.2) is 60.2 Å². The van der Waals surface area contributed by atoms with E-state index in [9.17, 15) is 14.4 Å². The molecule has 0 spiro atoms. The first-order valence-corrected chi connectivity index (χ1v) is 11.9. The summed E-state index contributed by atoms with van der Waals surface area (Å²) in [5.74, 6) is -0.104. The fourth-order valence-electron chi connectivity index (χ4n) is 4.40. The summed E-state index contributed by atoms with van der Waals surface area (Å²) in [6, 6.07) is 14.3. The van der Waals surface area contributed by atoms with Crippen molar-refractivity contribution in [3.8, 4) is 0 Å². The summed E-state index contributed by atoms with van der Waals surface area (Å²) in [7, 11) is 0. The lowest BCUT2D eigenvalue weighted by Gasteiger charge is -2.20. The Morgan fingerprint density at radius 3 is 1.88 bits per heavy atom. The Kier molecular flexibility index (Phi) is 7.60. The second-order valence-electron chi connectivity index (χ2n) is 8.77. The van der Waals surface area contributed by atoms with Gasteiger partial charge < -0.3 is 20.4 Å². The van der Waals surface area contributed by atoms with E-state index in [2.05, 4.69) is 10.6 Å². The Hall–Kier alpha value is -3.35. The molecule has 7 heteroatoms. The minimum Gasteiger partial charge on any atom is -0.376 e. The molecule has 2 aromatic rings. The molecule has 174 valence electrons. The van der Waals surface area contributed by atoms with Gasteiger partial charge in [-0.2, -0.15) is 0 Å². The van der Waals surface area contributed by atoms with Crippen molar-refractivity contribution in [1.29, 1.82) is 0 Å². The first-order valence-electron chi connectivity index (χ1n) is 11.9. The molecule has 2 saturated heterocycles. The van der Waals surface area contributed by atoms with E-state index in [1.165, 1.54) is 12.8 Å². The molecule has 0 bridgehead atoms. The number of nitrogens with one attached hydrogen (secondary N) is 2. The monoisotopic (exact) mass is 448 g/mol. The van der Waals surface area contributed by atoms with Crippen molar-refractivity contribution in [2.24, 2.45) is 0 Å². The third-order valence-electron chi connectivity index (χ3n) is 6.26. The van der Waals surface area contributed by atoms with Gasteiger partial charge in [-0.05, 0) is 68.1 Å². The summed E-state index contributed by atoms with van der Waals surface area (Å²) in [4.78, 5) is 41.5. The first-order chi connectivity index (χ1) is 16.1. The van der Waals surface area contributed by atoms with Gasteiger partial charge in [0, 0.05) is 48.7 Å². The molecule has 2 aromatic carbocycles. The van der Waals surface area contributed by atoms with Gasteiger partial charge in [0.15, 0.2) is 0 Å². The average molecular weight is 449 g/mol. The second-order valence-corrected chi connectivity index (χ2v) is 8.77. The average Bonchev–Trinajstić information content (AvgIpc) is 3.25. The SMILES string of the molecule is O=C(CNc1cccc(C(=O)N2CCCC2)c1)Nc1ccc(C(=O)N2CCCCCC2)cc1. The van der Waals surface area contributed by atoms with Crippen molar-refractivity contribution in [2.75, 3.05) is 43.4 Å². The van der Waals surface area contributed by atoms with Crippen molar-refractivity contribution >= 4 is 29.1 Å². The Balaban J connectivity index is 1.28. The van der Waals surface area contributed by atoms with Gasteiger partial charge in [0.05, 0.1) is 6.54 Å². The van der Waals surface area contributed by atoms with E-state index < -0.39 is 0 Å². The minimum atomic E-state index is -0.196. The maximum Gasteiger partial charge on any atom is 0.253 e. The summed E-state index contributed by atoms with van der Waals surface area (Å²) >= 11 is 0. The van der Waals surface area contributed by atoms with E-state index in [4.69, 9.17) is 0 Å². The Bertz CT molecular complexity index is 975. The molecule has 2 fully saturated rings. The smallest absolute Gasteiger partial charge is 0.253 e. The van der Waals surface area contributed by atoms with E-state index in [0.29, 0.717) is 16.8 Å². The molecular weight excluding hydrogens is 416 g/mol. The summed E-state index contributed by atoms with van der Waals surface area (Å²) < 4.78 is 0. The summed E-state index contributed by atoms with van der Waals surface area (Å²) in [5, 5.41) is 5.93. The maximum atomic E-state index is 12.7. The lowest BCUT2D eigenvalue weighted by atomic mass is 10.1. The highest BCUT2D eigenvalue weighted by Gasteiger charge is 2.20. The molecule has 2 aliphatic heterocycles. The molecule has 7 nitrogen and oxygen atoms in total.